The molecule has 2 aromatic rings. The molecule has 1 aliphatic heterocycles. The number of hydrogen-bond donors (Lipinski definition) is 0. The molecule has 0 N–H and O–H groups in total. The third-order valence-corrected chi connectivity index (χ3v) is 5.21. The Morgan fingerprint density at radius 3 is 2.48 bits per heavy atom. The summed E-state index contributed by atoms with van der Waals surface area (Å²) in [6.07, 6.45) is 5.82. The quantitative estimate of drug-likeness (QED) is 0.808. The largest absolute Gasteiger partial charge is 0.379 e. The van der Waals surface area contributed by atoms with E-state index in [0.717, 1.165) is 39.3 Å². The maximum Gasteiger partial charge on any atom is 0.0594 e. The monoisotopic (exact) mass is 331 g/mol. The van der Waals surface area contributed by atoms with Crippen molar-refractivity contribution in [3.05, 3.63) is 76.9 Å². The van der Waals surface area contributed by atoms with Gasteiger partial charge in [-0.2, -0.15) is 0 Å². The van der Waals surface area contributed by atoms with Gasteiger partial charge >= 0.3 is 0 Å². The highest BCUT2D eigenvalue weighted by Gasteiger charge is 2.19. The van der Waals surface area contributed by atoms with Crippen LogP contribution in [0.25, 0.3) is 17.2 Å². The molecule has 128 valence electrons. The predicted molar refractivity (Wildman–Crippen MR) is 105 cm³/mol. The smallest absolute Gasteiger partial charge is 0.0594 e. The third kappa shape index (κ3) is 3.60. The first-order chi connectivity index (χ1) is 12.3. The van der Waals surface area contributed by atoms with Gasteiger partial charge in [-0.05, 0) is 52.8 Å². The van der Waals surface area contributed by atoms with Crippen LogP contribution < -0.4 is 0 Å². The summed E-state index contributed by atoms with van der Waals surface area (Å²) in [7, 11) is 0. The van der Waals surface area contributed by atoms with Crippen molar-refractivity contribution >= 4 is 17.2 Å². The second-order valence-electron chi connectivity index (χ2n) is 6.88. The summed E-state index contributed by atoms with van der Waals surface area (Å²) >= 11 is 0. The molecular weight excluding hydrogens is 306 g/mol. The topological polar surface area (TPSA) is 12.5 Å². The molecule has 1 heterocycles. The fourth-order valence-corrected chi connectivity index (χ4v) is 3.70. The molecule has 1 saturated heterocycles. The van der Waals surface area contributed by atoms with Crippen molar-refractivity contribution in [2.24, 2.45) is 0 Å². The van der Waals surface area contributed by atoms with Crippen molar-refractivity contribution in [1.29, 1.82) is 0 Å². The van der Waals surface area contributed by atoms with E-state index in [1.165, 1.54) is 33.4 Å². The lowest BCUT2D eigenvalue weighted by Crippen LogP contribution is -2.36. The van der Waals surface area contributed by atoms with Crippen LogP contribution in [0.5, 0.6) is 0 Å². The Labute approximate surface area is 150 Å². The van der Waals surface area contributed by atoms with Gasteiger partial charge in [-0.1, -0.05) is 54.6 Å². The molecule has 4 rings (SSSR count). The highest BCUT2D eigenvalue weighted by molar-refractivity contribution is 6.01. The van der Waals surface area contributed by atoms with Crippen molar-refractivity contribution in [2.45, 2.75) is 13.3 Å². The Morgan fingerprint density at radius 1 is 0.960 bits per heavy atom. The molecule has 0 unspecified atom stereocenters. The van der Waals surface area contributed by atoms with Gasteiger partial charge < -0.3 is 4.74 Å². The number of allylic oxidation sites excluding steroid dienone is 2. The fourth-order valence-electron chi connectivity index (χ4n) is 3.70. The van der Waals surface area contributed by atoms with Gasteiger partial charge in [0.05, 0.1) is 13.2 Å². The first kappa shape index (κ1) is 16.3. The predicted octanol–water partition coefficient (Wildman–Crippen LogP) is 4.65. The van der Waals surface area contributed by atoms with E-state index in [9.17, 15) is 0 Å². The lowest BCUT2D eigenvalue weighted by atomic mass is 10.0. The molecule has 0 bridgehead atoms. The van der Waals surface area contributed by atoms with Gasteiger partial charge in [0.2, 0.25) is 0 Å². The van der Waals surface area contributed by atoms with Gasteiger partial charge in [-0.15, -0.1) is 0 Å². The van der Waals surface area contributed by atoms with E-state index in [1.54, 1.807) is 0 Å². The minimum absolute atomic E-state index is 0.869. The van der Waals surface area contributed by atoms with E-state index in [4.69, 9.17) is 4.74 Å². The molecule has 0 atom stereocenters. The van der Waals surface area contributed by atoms with Crippen LogP contribution in [0, 0.1) is 6.92 Å². The van der Waals surface area contributed by atoms with Crippen LogP contribution in [0.1, 0.15) is 28.7 Å². The zero-order valence-electron chi connectivity index (χ0n) is 14.9. The van der Waals surface area contributed by atoms with E-state index in [1.807, 2.05) is 0 Å². The number of hydrogen-bond acceptors (Lipinski definition) is 2. The molecule has 2 aromatic carbocycles. The normalized spacial score (nSPS) is 19.1. The average Bonchev–Trinajstić information content (AvgIpc) is 3.01. The number of ether oxygens (including phenoxy) is 1. The summed E-state index contributed by atoms with van der Waals surface area (Å²) in [4.78, 5) is 2.51. The van der Waals surface area contributed by atoms with Crippen LogP contribution >= 0.6 is 0 Å². The third-order valence-electron chi connectivity index (χ3n) is 5.21. The van der Waals surface area contributed by atoms with E-state index < -0.39 is 0 Å². The Kier molecular flexibility index (Phi) is 4.82. The Bertz CT molecular complexity index is 812. The summed E-state index contributed by atoms with van der Waals surface area (Å²) in [6.45, 7) is 7.14. The molecule has 1 fully saturated rings. The zero-order valence-corrected chi connectivity index (χ0v) is 14.9. The minimum atomic E-state index is 0.869. The Balaban J connectivity index is 1.60. The number of rotatable bonds is 4. The number of aryl methyl sites for hydroxylation is 1. The number of nitrogens with zero attached hydrogens (tertiary/aromatic N) is 1. The standard InChI is InChI=1S/C23H25NO/c1-18-6-2-3-7-19(18)16-21-17-20(22-8-4-5-9-23(21)22)10-11-24-12-14-25-15-13-24/h2-9,16-17H,10-15H2,1H3/b21-16+. The summed E-state index contributed by atoms with van der Waals surface area (Å²) in [5.41, 5.74) is 8.18. The van der Waals surface area contributed by atoms with Crippen molar-refractivity contribution in [2.75, 3.05) is 32.8 Å². The van der Waals surface area contributed by atoms with Crippen LogP contribution in [0.3, 0.4) is 0 Å². The van der Waals surface area contributed by atoms with Gasteiger partial charge in [0, 0.05) is 19.6 Å². The molecular formula is C23H25NO. The van der Waals surface area contributed by atoms with Gasteiger partial charge in [0.1, 0.15) is 0 Å². The average molecular weight is 331 g/mol. The van der Waals surface area contributed by atoms with E-state index in [0.29, 0.717) is 0 Å². The summed E-state index contributed by atoms with van der Waals surface area (Å²) in [5, 5.41) is 0. The molecule has 0 aromatic heterocycles. The molecule has 0 saturated carbocycles. The van der Waals surface area contributed by atoms with Gasteiger partial charge in [-0.3, -0.25) is 4.90 Å². The lowest BCUT2D eigenvalue weighted by molar-refractivity contribution is 0.0390. The summed E-state index contributed by atoms with van der Waals surface area (Å²) in [5.74, 6) is 0. The molecule has 1 aliphatic carbocycles. The number of morpholine rings is 1. The number of benzene rings is 2. The van der Waals surface area contributed by atoms with Crippen LogP contribution in [0.4, 0.5) is 0 Å². The fraction of sp³-hybridized carbons (Fsp3) is 0.304. The molecule has 2 heteroatoms. The SMILES string of the molecule is Cc1ccccc1/C=C1\C=C(CCN2CCOCC2)c2ccccc21. The molecule has 25 heavy (non-hydrogen) atoms. The van der Waals surface area contributed by atoms with E-state index in [2.05, 4.69) is 72.5 Å². The summed E-state index contributed by atoms with van der Waals surface area (Å²) in [6, 6.07) is 17.4. The van der Waals surface area contributed by atoms with E-state index >= 15 is 0 Å². The van der Waals surface area contributed by atoms with Crippen LogP contribution in [0.15, 0.2) is 54.6 Å². The number of fused-ring (bicyclic) bond motifs is 1. The van der Waals surface area contributed by atoms with Crippen molar-refractivity contribution < 1.29 is 4.74 Å². The van der Waals surface area contributed by atoms with Gasteiger partial charge in [-0.25, -0.2) is 0 Å². The zero-order chi connectivity index (χ0) is 17.1. The maximum absolute atomic E-state index is 5.46. The Hall–Kier alpha value is -2.16. The first-order valence-corrected chi connectivity index (χ1v) is 9.19. The van der Waals surface area contributed by atoms with Crippen LogP contribution in [-0.4, -0.2) is 37.7 Å². The molecule has 0 spiro atoms. The first-order valence-electron chi connectivity index (χ1n) is 9.19. The molecule has 2 aliphatic rings. The second kappa shape index (κ2) is 7.38. The van der Waals surface area contributed by atoms with E-state index in [-0.39, 0.29) is 0 Å². The van der Waals surface area contributed by atoms with Crippen molar-refractivity contribution in [1.82, 2.24) is 4.90 Å². The van der Waals surface area contributed by atoms with Crippen LogP contribution in [0.2, 0.25) is 0 Å². The van der Waals surface area contributed by atoms with Gasteiger partial charge in [0.25, 0.3) is 0 Å². The maximum atomic E-state index is 5.46. The van der Waals surface area contributed by atoms with Crippen molar-refractivity contribution in [3.8, 4) is 0 Å². The Morgan fingerprint density at radius 2 is 1.68 bits per heavy atom. The summed E-state index contributed by atoms with van der Waals surface area (Å²) < 4.78 is 5.46. The second-order valence-corrected chi connectivity index (χ2v) is 6.88. The lowest BCUT2D eigenvalue weighted by Gasteiger charge is -2.26. The van der Waals surface area contributed by atoms with Gasteiger partial charge in [0.15, 0.2) is 0 Å². The molecule has 2 nitrogen and oxygen atoms in total. The highest BCUT2D eigenvalue weighted by Crippen LogP contribution is 2.38. The van der Waals surface area contributed by atoms with Crippen LogP contribution in [-0.2, 0) is 4.74 Å². The molecule has 0 amide bonds. The minimum Gasteiger partial charge on any atom is -0.379 e. The molecule has 0 radical (unpaired) electrons. The highest BCUT2D eigenvalue weighted by atomic mass is 16.5. The van der Waals surface area contributed by atoms with Crippen molar-refractivity contribution in [3.63, 3.8) is 0 Å².